The molecule has 6 atom stereocenters. The van der Waals surface area contributed by atoms with Crippen LogP contribution in [0.15, 0.2) is 59.6 Å². The standard InChI is InChI=1S/C53H77N6O10P/c1-7-8-9-10-11-12-13-14-15-16-17-18-19-20-21-24-31-61-34-43(65-42-28-27-41(33-54)47(32-42)64-39(2)3)35-62-70(60,69-46-26-23-22-25-40(46)4)63-37-53(36-55)50-49(66-52(5,6)68-50)48(67-53)44-29-30-45(59-44)51(57)58-38-56/h22-23,25-30,32,38-39,43,48-50,59H,7-21,24,31,34-35,37H2,1-6H3,(H3,56,57,58)/t43-,48+,49+,50+,53-,70?/m1/s1. The van der Waals surface area contributed by atoms with Gasteiger partial charge in [-0.3, -0.25) is 14.5 Å². The molecule has 0 radical (unpaired) electrons. The van der Waals surface area contributed by atoms with Crippen molar-refractivity contribution in [2.45, 2.75) is 186 Å². The van der Waals surface area contributed by atoms with E-state index < -0.39 is 50.2 Å². The van der Waals surface area contributed by atoms with E-state index in [4.69, 9.17) is 53.1 Å². The van der Waals surface area contributed by atoms with E-state index in [2.05, 4.69) is 29.0 Å². The lowest BCUT2D eigenvalue weighted by atomic mass is 9.96. The smallest absolute Gasteiger partial charge is 0.489 e. The maximum atomic E-state index is 15.0. The molecule has 2 saturated heterocycles. The molecular weight excluding hydrogens is 912 g/mol. The second-order valence-electron chi connectivity index (χ2n) is 19.0. The van der Waals surface area contributed by atoms with Gasteiger partial charge in [0, 0.05) is 18.4 Å². The van der Waals surface area contributed by atoms with E-state index in [0.717, 1.165) is 25.6 Å². The Morgan fingerprint density at radius 1 is 0.857 bits per heavy atom. The highest BCUT2D eigenvalue weighted by Crippen LogP contribution is 2.55. The highest BCUT2D eigenvalue weighted by Gasteiger charge is 2.65. The quantitative estimate of drug-likeness (QED) is 0.0219. The van der Waals surface area contributed by atoms with Gasteiger partial charge in [-0.2, -0.15) is 10.5 Å². The van der Waals surface area contributed by atoms with Gasteiger partial charge < -0.3 is 43.7 Å². The van der Waals surface area contributed by atoms with Gasteiger partial charge in [0.2, 0.25) is 5.60 Å². The molecule has 4 N–H and O–H groups in total. The van der Waals surface area contributed by atoms with E-state index in [1.54, 1.807) is 69.3 Å². The van der Waals surface area contributed by atoms with Gasteiger partial charge in [-0.15, -0.1) is 0 Å². The Balaban J connectivity index is 1.24. The Morgan fingerprint density at radius 2 is 1.51 bits per heavy atom. The van der Waals surface area contributed by atoms with E-state index in [1.807, 2.05) is 19.9 Å². The summed E-state index contributed by atoms with van der Waals surface area (Å²) >= 11 is 0. The van der Waals surface area contributed by atoms with Crippen LogP contribution < -0.4 is 19.7 Å². The molecular formula is C53H77N6O10P. The second-order valence-corrected chi connectivity index (χ2v) is 20.6. The third kappa shape index (κ3) is 17.2. The van der Waals surface area contributed by atoms with Gasteiger partial charge in [0.25, 0.3) is 0 Å². The number of unbranched alkanes of at least 4 members (excludes halogenated alkanes) is 15. The summed E-state index contributed by atoms with van der Waals surface area (Å²) in [6.07, 6.45) is 17.4. The molecule has 16 nitrogen and oxygen atoms in total. The number of aryl methyl sites for hydroxylation is 1. The average molecular weight is 989 g/mol. The Bertz CT molecular complexity index is 2240. The van der Waals surface area contributed by atoms with Crippen molar-refractivity contribution in [1.82, 2.24) is 4.98 Å². The van der Waals surface area contributed by atoms with Crippen LogP contribution in [0.5, 0.6) is 17.2 Å². The lowest BCUT2D eigenvalue weighted by Crippen LogP contribution is -2.46. The number of hydrogen-bond donors (Lipinski definition) is 3. The molecule has 2 fully saturated rings. The van der Waals surface area contributed by atoms with Crippen molar-refractivity contribution < 1.29 is 46.6 Å². The summed E-state index contributed by atoms with van der Waals surface area (Å²) < 4.78 is 71.0. The SMILES string of the molecule is CCCCCCCCCCCCCCCCCCOC[C@H](COP(=O)(OC[C@@]1(C#N)O[C@@H](c2ccc(C(N)=NC=N)[nH]2)[C@@H]2OC(C)(C)O[C@@H]21)Oc1ccccc1C)Oc1ccc(C#N)c(OC(C)C)c1. The Kier molecular flexibility index (Phi) is 22.7. The Morgan fingerprint density at radius 3 is 2.13 bits per heavy atom. The number of fused-ring (bicyclic) bond motifs is 1. The van der Waals surface area contributed by atoms with Crippen LogP contribution in [0.1, 0.15) is 166 Å². The highest BCUT2D eigenvalue weighted by molar-refractivity contribution is 7.48. The first kappa shape index (κ1) is 56.1. The van der Waals surface area contributed by atoms with Crippen LogP contribution in [0.3, 0.4) is 0 Å². The van der Waals surface area contributed by atoms with Gasteiger partial charge in [0.15, 0.2) is 5.79 Å². The first-order valence-electron chi connectivity index (χ1n) is 25.3. The van der Waals surface area contributed by atoms with Gasteiger partial charge in [-0.05, 0) is 76.9 Å². The number of phosphoric ester groups is 1. The number of phosphoric acid groups is 1. The van der Waals surface area contributed by atoms with Crippen molar-refractivity contribution in [1.29, 1.82) is 15.9 Å². The fourth-order valence-corrected chi connectivity index (χ4v) is 9.92. The van der Waals surface area contributed by atoms with Gasteiger partial charge in [0.1, 0.15) is 72.6 Å². The molecule has 17 heteroatoms. The van der Waals surface area contributed by atoms with Crippen molar-refractivity contribution in [3.8, 4) is 29.4 Å². The predicted molar refractivity (Wildman–Crippen MR) is 269 cm³/mol. The van der Waals surface area contributed by atoms with E-state index in [9.17, 15) is 10.5 Å². The number of H-pyrrole nitrogens is 1. The Labute approximate surface area is 416 Å². The number of aliphatic imine (C=N–C) groups is 1. The number of para-hydroxylation sites is 1. The van der Waals surface area contributed by atoms with E-state index >= 15 is 4.57 Å². The van der Waals surface area contributed by atoms with Crippen molar-refractivity contribution >= 4 is 20.0 Å². The number of nitrogens with two attached hydrogens (primary N) is 1. The number of benzene rings is 2. The zero-order valence-corrected chi connectivity index (χ0v) is 43.1. The maximum absolute atomic E-state index is 15.0. The van der Waals surface area contributed by atoms with E-state index in [-0.39, 0.29) is 30.9 Å². The summed E-state index contributed by atoms with van der Waals surface area (Å²) in [7, 11) is -4.62. The van der Waals surface area contributed by atoms with Crippen molar-refractivity contribution in [2.75, 3.05) is 26.4 Å². The van der Waals surface area contributed by atoms with Crippen LogP contribution in [0.25, 0.3) is 0 Å². The molecule has 2 aliphatic heterocycles. The fourth-order valence-electron chi connectivity index (χ4n) is 8.59. The molecule has 0 aliphatic carbocycles. The molecule has 2 aromatic carbocycles. The number of aromatic nitrogens is 1. The molecule has 0 saturated carbocycles. The average Bonchev–Trinajstić information content (AvgIpc) is 4.03. The largest absolute Gasteiger partial charge is 0.530 e. The van der Waals surface area contributed by atoms with Crippen LogP contribution in [-0.2, 0) is 32.6 Å². The number of aromatic amines is 1. The summed E-state index contributed by atoms with van der Waals surface area (Å²) in [5.74, 6) is -0.0586. The van der Waals surface area contributed by atoms with Crippen molar-refractivity contribution in [2.24, 2.45) is 10.7 Å². The lowest BCUT2D eigenvalue weighted by molar-refractivity contribution is -0.204. The summed E-state index contributed by atoms with van der Waals surface area (Å²) in [6.45, 7) is 10.9. The molecule has 5 rings (SSSR count). The number of nitrogens with one attached hydrogen (secondary N) is 2. The molecule has 3 aromatic rings. The minimum Gasteiger partial charge on any atom is -0.489 e. The third-order valence-electron chi connectivity index (χ3n) is 12.3. The minimum absolute atomic E-state index is 0.0631. The fraction of sp³-hybridized carbons (Fsp3) is 0.623. The Hall–Kier alpha value is -4.77. The topological polar surface area (TPSA) is 226 Å². The van der Waals surface area contributed by atoms with E-state index in [1.165, 1.54) is 83.5 Å². The van der Waals surface area contributed by atoms with Gasteiger partial charge in [-0.1, -0.05) is 121 Å². The first-order chi connectivity index (χ1) is 33.7. The van der Waals surface area contributed by atoms with Crippen LogP contribution in [-0.4, -0.2) is 79.4 Å². The molecule has 0 spiro atoms. The molecule has 0 amide bonds. The molecule has 1 aromatic heterocycles. The third-order valence-corrected chi connectivity index (χ3v) is 13.6. The molecule has 2 aliphatic rings. The maximum Gasteiger partial charge on any atom is 0.530 e. The number of nitriles is 2. The molecule has 70 heavy (non-hydrogen) atoms. The molecule has 1 unspecified atom stereocenters. The summed E-state index contributed by atoms with van der Waals surface area (Å²) in [6, 6.07) is 19.7. The summed E-state index contributed by atoms with van der Waals surface area (Å²) in [4.78, 5) is 6.99. The van der Waals surface area contributed by atoms with Crippen LogP contribution >= 0.6 is 7.82 Å². The lowest BCUT2D eigenvalue weighted by Gasteiger charge is -2.30. The van der Waals surface area contributed by atoms with Crippen LogP contribution in [0, 0.1) is 35.0 Å². The number of amidine groups is 1. The molecule has 3 heterocycles. The van der Waals surface area contributed by atoms with E-state index in [0.29, 0.717) is 40.6 Å². The zero-order chi connectivity index (χ0) is 50.4. The second kappa shape index (κ2) is 28.3. The summed E-state index contributed by atoms with van der Waals surface area (Å²) in [5.41, 5.74) is 6.13. The molecule has 384 valence electrons. The summed E-state index contributed by atoms with van der Waals surface area (Å²) in [5, 5.41) is 27.9. The normalized spacial score (nSPS) is 20.9. The van der Waals surface area contributed by atoms with Gasteiger partial charge in [0.05, 0.1) is 30.6 Å². The predicted octanol–water partition coefficient (Wildman–Crippen LogP) is 12.1. The number of rotatable bonds is 34. The minimum atomic E-state index is -4.62. The van der Waals surface area contributed by atoms with Crippen LogP contribution in [0.4, 0.5) is 0 Å². The van der Waals surface area contributed by atoms with Crippen molar-refractivity contribution in [3.63, 3.8) is 0 Å². The number of hydrogen-bond acceptors (Lipinski definition) is 13. The van der Waals surface area contributed by atoms with Crippen molar-refractivity contribution in [3.05, 3.63) is 77.1 Å². The van der Waals surface area contributed by atoms with Gasteiger partial charge in [-0.25, -0.2) is 9.56 Å². The zero-order valence-electron chi connectivity index (χ0n) is 42.3. The number of ether oxygens (including phenoxy) is 6. The van der Waals surface area contributed by atoms with Crippen LogP contribution in [0.2, 0.25) is 0 Å². The first-order valence-corrected chi connectivity index (χ1v) is 26.8. The molecule has 0 bridgehead atoms. The highest BCUT2D eigenvalue weighted by atomic mass is 31.2. The van der Waals surface area contributed by atoms with Gasteiger partial charge >= 0.3 is 7.82 Å². The number of nitrogens with zero attached hydrogens (tertiary/aromatic N) is 3. The monoisotopic (exact) mass is 989 g/mol.